The standard InChI is InChI=1S/C28H34N4O4S/c1-19(20-9-5-4-6-10-20)15-23-22-17-25(26(18-24(22)30-29-23)32-13-7-8-14-32)31-37(33,34)21-11-12-27(35-2)28(16-21)36-3/h4-6,9-12,16-19,27-28,31H,7-8,13-15H2,1-3H3,(H,29,30). The number of anilines is 2. The maximum Gasteiger partial charge on any atom is 0.261 e. The van der Waals surface area contributed by atoms with E-state index in [1.807, 2.05) is 30.3 Å². The Morgan fingerprint density at radius 2 is 1.84 bits per heavy atom. The summed E-state index contributed by atoms with van der Waals surface area (Å²) in [5.41, 5.74) is 4.47. The van der Waals surface area contributed by atoms with Crippen molar-refractivity contribution in [2.75, 3.05) is 36.9 Å². The first-order chi connectivity index (χ1) is 17.9. The highest BCUT2D eigenvalue weighted by Gasteiger charge is 2.28. The van der Waals surface area contributed by atoms with Crippen LogP contribution in [0.1, 0.15) is 36.9 Å². The van der Waals surface area contributed by atoms with Crippen molar-refractivity contribution in [1.29, 1.82) is 0 Å². The van der Waals surface area contributed by atoms with Gasteiger partial charge in [0.05, 0.1) is 21.8 Å². The van der Waals surface area contributed by atoms with E-state index in [4.69, 9.17) is 9.47 Å². The average Bonchev–Trinajstić information content (AvgIpc) is 3.58. The molecule has 2 heterocycles. The normalized spacial score (nSPS) is 20.8. The minimum atomic E-state index is -3.86. The van der Waals surface area contributed by atoms with Crippen molar-refractivity contribution in [2.45, 2.75) is 44.3 Å². The highest BCUT2D eigenvalue weighted by molar-refractivity contribution is 7.96. The Labute approximate surface area is 218 Å². The van der Waals surface area contributed by atoms with E-state index in [2.05, 4.69) is 38.9 Å². The number of sulfonamides is 1. The molecule has 0 radical (unpaired) electrons. The van der Waals surface area contributed by atoms with Gasteiger partial charge in [-0.25, -0.2) is 8.42 Å². The van der Waals surface area contributed by atoms with Crippen LogP contribution >= 0.6 is 0 Å². The summed E-state index contributed by atoms with van der Waals surface area (Å²) >= 11 is 0. The molecule has 2 N–H and O–H groups in total. The fourth-order valence-corrected chi connectivity index (χ4v) is 6.31. The Balaban J connectivity index is 1.50. The van der Waals surface area contributed by atoms with E-state index in [0.29, 0.717) is 5.69 Å². The van der Waals surface area contributed by atoms with Gasteiger partial charge in [-0.2, -0.15) is 5.10 Å². The summed E-state index contributed by atoms with van der Waals surface area (Å²) in [4.78, 5) is 2.38. The number of hydrogen-bond acceptors (Lipinski definition) is 6. The van der Waals surface area contributed by atoms with Crippen molar-refractivity contribution in [2.24, 2.45) is 0 Å². The molecule has 2 aromatic carbocycles. The molecule has 1 saturated heterocycles. The molecule has 1 aliphatic carbocycles. The van der Waals surface area contributed by atoms with Gasteiger partial charge in [0.15, 0.2) is 0 Å². The predicted octanol–water partition coefficient (Wildman–Crippen LogP) is 4.73. The minimum Gasteiger partial charge on any atom is -0.374 e. The molecule has 1 fully saturated rings. The molecule has 0 spiro atoms. The number of hydrogen-bond donors (Lipinski definition) is 2. The number of allylic oxidation sites excluding steroid dienone is 1. The summed E-state index contributed by atoms with van der Waals surface area (Å²) in [7, 11) is -0.746. The molecular weight excluding hydrogens is 488 g/mol. The molecule has 0 bridgehead atoms. The number of ether oxygens (including phenoxy) is 2. The lowest BCUT2D eigenvalue weighted by Crippen LogP contribution is -2.30. The number of fused-ring (bicyclic) bond motifs is 1. The fourth-order valence-electron chi connectivity index (χ4n) is 5.17. The second kappa shape index (κ2) is 10.7. The Morgan fingerprint density at radius 3 is 2.54 bits per heavy atom. The first kappa shape index (κ1) is 25.5. The Bertz CT molecular complexity index is 1410. The summed E-state index contributed by atoms with van der Waals surface area (Å²) < 4.78 is 40.8. The molecule has 1 aliphatic heterocycles. The number of benzene rings is 2. The molecule has 9 heteroatoms. The zero-order chi connectivity index (χ0) is 26.0. The highest BCUT2D eigenvalue weighted by Crippen LogP contribution is 2.36. The van der Waals surface area contributed by atoms with Crippen LogP contribution in [0.15, 0.2) is 65.6 Å². The quantitative estimate of drug-likeness (QED) is 0.422. The molecule has 37 heavy (non-hydrogen) atoms. The summed E-state index contributed by atoms with van der Waals surface area (Å²) in [5.74, 6) is 0.278. The van der Waals surface area contributed by atoms with Crippen LogP contribution in [0.4, 0.5) is 11.4 Å². The van der Waals surface area contributed by atoms with Crippen molar-refractivity contribution < 1.29 is 17.9 Å². The zero-order valence-corrected chi connectivity index (χ0v) is 22.3. The van der Waals surface area contributed by atoms with Crippen LogP contribution in [0.2, 0.25) is 0 Å². The van der Waals surface area contributed by atoms with Crippen LogP contribution in [-0.2, 0) is 25.9 Å². The van der Waals surface area contributed by atoms with Crippen LogP contribution in [0.5, 0.6) is 0 Å². The van der Waals surface area contributed by atoms with Crippen molar-refractivity contribution >= 4 is 32.3 Å². The topological polar surface area (TPSA) is 96.5 Å². The summed E-state index contributed by atoms with van der Waals surface area (Å²) in [6, 6.07) is 14.3. The van der Waals surface area contributed by atoms with Crippen molar-refractivity contribution in [3.8, 4) is 0 Å². The first-order valence-electron chi connectivity index (χ1n) is 12.7. The van der Waals surface area contributed by atoms with Crippen LogP contribution in [0.3, 0.4) is 0 Å². The van der Waals surface area contributed by atoms with Gasteiger partial charge in [0, 0.05) is 38.4 Å². The van der Waals surface area contributed by atoms with Gasteiger partial charge in [-0.15, -0.1) is 0 Å². The Kier molecular flexibility index (Phi) is 7.37. The van der Waals surface area contributed by atoms with E-state index in [1.54, 1.807) is 32.4 Å². The van der Waals surface area contributed by atoms with E-state index in [9.17, 15) is 8.42 Å². The Morgan fingerprint density at radius 1 is 1.11 bits per heavy atom. The summed E-state index contributed by atoms with van der Waals surface area (Å²) in [6.07, 6.45) is 6.98. The van der Waals surface area contributed by atoms with Crippen LogP contribution in [0.25, 0.3) is 10.9 Å². The van der Waals surface area contributed by atoms with Gasteiger partial charge >= 0.3 is 0 Å². The van der Waals surface area contributed by atoms with Gasteiger partial charge in [0.1, 0.15) is 12.2 Å². The third-order valence-corrected chi connectivity index (χ3v) is 8.66. The number of methoxy groups -OCH3 is 2. The lowest BCUT2D eigenvalue weighted by molar-refractivity contribution is 0.0137. The fraction of sp³-hybridized carbons (Fsp3) is 0.393. The summed E-state index contributed by atoms with van der Waals surface area (Å²) in [5, 5.41) is 8.72. The molecule has 3 atom stereocenters. The number of nitrogens with one attached hydrogen (secondary N) is 2. The number of nitrogens with zero attached hydrogens (tertiary/aromatic N) is 2. The van der Waals surface area contributed by atoms with Gasteiger partial charge < -0.3 is 14.4 Å². The van der Waals surface area contributed by atoms with E-state index in [-0.39, 0.29) is 16.9 Å². The monoisotopic (exact) mass is 522 g/mol. The Hall–Kier alpha value is -3.14. The van der Waals surface area contributed by atoms with Gasteiger partial charge in [-0.05, 0) is 55.0 Å². The highest BCUT2D eigenvalue weighted by atomic mass is 32.2. The molecular formula is C28H34N4O4S. The van der Waals surface area contributed by atoms with E-state index in [1.165, 1.54) is 5.56 Å². The second-order valence-corrected chi connectivity index (χ2v) is 11.4. The molecule has 196 valence electrons. The summed E-state index contributed by atoms with van der Waals surface area (Å²) in [6.45, 7) is 3.95. The van der Waals surface area contributed by atoms with Gasteiger partial charge in [-0.1, -0.05) is 43.3 Å². The lowest BCUT2D eigenvalue weighted by Gasteiger charge is -2.25. The maximum atomic E-state index is 13.5. The number of aromatic amines is 1. The van der Waals surface area contributed by atoms with Gasteiger partial charge in [0.25, 0.3) is 10.0 Å². The third-order valence-electron chi connectivity index (χ3n) is 7.28. The van der Waals surface area contributed by atoms with Crippen molar-refractivity contribution in [3.63, 3.8) is 0 Å². The van der Waals surface area contributed by atoms with E-state index < -0.39 is 16.1 Å². The minimum absolute atomic E-state index is 0.158. The molecule has 5 rings (SSSR count). The number of rotatable bonds is 9. The second-order valence-electron chi connectivity index (χ2n) is 9.73. The SMILES string of the molecule is COC1C=CC(S(=O)(=O)Nc2cc3c(CC(C)c4ccccc4)[nH]nc3cc2N2CCCC2)=CC1OC. The number of H-pyrrole nitrogens is 1. The van der Waals surface area contributed by atoms with Crippen LogP contribution in [-0.4, -0.2) is 58.1 Å². The molecule has 0 saturated carbocycles. The number of aromatic nitrogens is 2. The molecule has 3 aromatic rings. The van der Waals surface area contributed by atoms with Gasteiger partial charge in [0.2, 0.25) is 0 Å². The first-order valence-corrected chi connectivity index (χ1v) is 14.2. The third kappa shape index (κ3) is 5.30. The smallest absolute Gasteiger partial charge is 0.261 e. The zero-order valence-electron chi connectivity index (χ0n) is 21.5. The van der Waals surface area contributed by atoms with Crippen LogP contribution < -0.4 is 9.62 Å². The van der Waals surface area contributed by atoms with E-state index >= 15 is 0 Å². The molecule has 0 amide bonds. The lowest BCUT2D eigenvalue weighted by atomic mass is 9.95. The molecule has 8 nitrogen and oxygen atoms in total. The van der Waals surface area contributed by atoms with Crippen molar-refractivity contribution in [3.05, 3.63) is 76.9 Å². The molecule has 1 aromatic heterocycles. The molecule has 3 unspecified atom stereocenters. The largest absolute Gasteiger partial charge is 0.374 e. The molecule has 2 aliphatic rings. The average molecular weight is 523 g/mol. The van der Waals surface area contributed by atoms with Crippen LogP contribution in [0, 0.1) is 0 Å². The maximum absolute atomic E-state index is 13.5. The van der Waals surface area contributed by atoms with Crippen molar-refractivity contribution in [1.82, 2.24) is 10.2 Å². The van der Waals surface area contributed by atoms with E-state index in [0.717, 1.165) is 54.6 Å². The van der Waals surface area contributed by atoms with Gasteiger partial charge in [-0.3, -0.25) is 9.82 Å². The predicted molar refractivity (Wildman–Crippen MR) is 147 cm³/mol.